The summed E-state index contributed by atoms with van der Waals surface area (Å²) in [5, 5.41) is 8.50. The molecule has 2 atom stereocenters. The maximum Gasteiger partial charge on any atom is 0.0765 e. The van der Waals surface area contributed by atoms with Gasteiger partial charge in [-0.15, -0.1) is 0 Å². The first-order valence-corrected chi connectivity index (χ1v) is 8.51. The van der Waals surface area contributed by atoms with Crippen LogP contribution in [0.15, 0.2) is 12.3 Å². The minimum Gasteiger partial charge on any atom is -0.309 e. The lowest BCUT2D eigenvalue weighted by Gasteiger charge is -2.44. The lowest BCUT2D eigenvalue weighted by atomic mass is 9.96. The van der Waals surface area contributed by atoms with Crippen LogP contribution in [0.3, 0.4) is 0 Å². The number of nitrogens with one attached hydrogen (secondary N) is 1. The molecule has 1 aliphatic heterocycles. The van der Waals surface area contributed by atoms with Gasteiger partial charge in [0, 0.05) is 43.5 Å². The quantitative estimate of drug-likeness (QED) is 0.905. The Hall–Kier alpha value is -0.870. The number of hydrogen-bond donors (Lipinski definition) is 1. The molecule has 4 nitrogen and oxygen atoms in total. The van der Waals surface area contributed by atoms with Crippen LogP contribution >= 0.6 is 0 Å². The molecule has 0 spiro atoms. The van der Waals surface area contributed by atoms with Crippen molar-refractivity contribution in [2.45, 2.75) is 71.1 Å². The second-order valence-electron chi connectivity index (χ2n) is 7.62. The molecule has 4 heteroatoms. The van der Waals surface area contributed by atoms with Crippen molar-refractivity contribution in [1.82, 2.24) is 20.0 Å². The van der Waals surface area contributed by atoms with Crippen LogP contribution in [0.25, 0.3) is 0 Å². The van der Waals surface area contributed by atoms with E-state index >= 15 is 0 Å². The van der Waals surface area contributed by atoms with Crippen molar-refractivity contribution in [1.29, 1.82) is 0 Å². The molecular weight excluding hydrogens is 260 g/mol. The summed E-state index contributed by atoms with van der Waals surface area (Å²) in [5.41, 5.74) is 1.43. The highest BCUT2D eigenvalue weighted by Gasteiger charge is 2.40. The van der Waals surface area contributed by atoms with Gasteiger partial charge in [-0.3, -0.25) is 9.58 Å². The summed E-state index contributed by atoms with van der Waals surface area (Å²) in [6.07, 6.45) is 6.09. The molecule has 2 unspecified atom stereocenters. The third kappa shape index (κ3) is 3.49. The average Bonchev–Trinajstić information content (AvgIpc) is 3.16. The van der Waals surface area contributed by atoms with E-state index in [9.17, 15) is 0 Å². The van der Waals surface area contributed by atoms with Crippen molar-refractivity contribution in [3.63, 3.8) is 0 Å². The third-order valence-electron chi connectivity index (χ3n) is 5.09. The van der Waals surface area contributed by atoms with Gasteiger partial charge in [0.1, 0.15) is 0 Å². The minimum atomic E-state index is 0.213. The van der Waals surface area contributed by atoms with E-state index in [1.165, 1.54) is 18.5 Å². The monoisotopic (exact) mass is 290 g/mol. The first-order chi connectivity index (χ1) is 9.98. The fourth-order valence-corrected chi connectivity index (χ4v) is 3.41. The minimum absolute atomic E-state index is 0.213. The Morgan fingerprint density at radius 1 is 1.43 bits per heavy atom. The highest BCUT2D eigenvalue weighted by Crippen LogP contribution is 2.37. The Labute approximate surface area is 128 Å². The van der Waals surface area contributed by atoms with Gasteiger partial charge in [-0.2, -0.15) is 5.10 Å². The molecule has 1 aromatic rings. The van der Waals surface area contributed by atoms with Gasteiger partial charge in [-0.25, -0.2) is 0 Å². The fourth-order valence-electron chi connectivity index (χ4n) is 3.41. The number of hydrogen-bond acceptors (Lipinski definition) is 3. The SMILES string of the molecule is CCC(C)n1ccc(CN2CC(C)(C)NCC2C2CC2)n1. The maximum absolute atomic E-state index is 4.79. The van der Waals surface area contributed by atoms with Gasteiger partial charge in [0.05, 0.1) is 5.69 Å². The fraction of sp³-hybridized carbons (Fsp3) is 0.824. The molecule has 0 amide bonds. The standard InChI is InChI=1S/C17H30N4/c1-5-13(2)21-9-8-15(19-21)11-20-12-17(3,4)18-10-16(20)14-6-7-14/h8-9,13-14,16,18H,5-7,10-12H2,1-4H3. The van der Waals surface area contributed by atoms with E-state index in [-0.39, 0.29) is 5.54 Å². The summed E-state index contributed by atoms with van der Waals surface area (Å²) in [6.45, 7) is 12.3. The normalized spacial score (nSPS) is 27.7. The van der Waals surface area contributed by atoms with Crippen LogP contribution in [0.4, 0.5) is 0 Å². The Bertz CT molecular complexity index is 475. The molecule has 0 bridgehead atoms. The first-order valence-electron chi connectivity index (χ1n) is 8.51. The molecule has 1 aromatic heterocycles. The molecule has 3 rings (SSSR count). The molecule has 1 saturated carbocycles. The van der Waals surface area contributed by atoms with E-state index in [0.29, 0.717) is 12.1 Å². The first kappa shape index (κ1) is 15.0. The number of piperazine rings is 1. The lowest BCUT2D eigenvalue weighted by molar-refractivity contribution is 0.0746. The third-order valence-corrected chi connectivity index (χ3v) is 5.09. The van der Waals surface area contributed by atoms with E-state index in [1.54, 1.807) is 0 Å². The zero-order chi connectivity index (χ0) is 15.0. The summed E-state index contributed by atoms with van der Waals surface area (Å²) in [6, 6.07) is 3.40. The Morgan fingerprint density at radius 2 is 2.19 bits per heavy atom. The predicted octanol–water partition coefficient (Wildman–Crippen LogP) is 2.82. The Kier molecular flexibility index (Phi) is 4.10. The van der Waals surface area contributed by atoms with Gasteiger partial charge in [0.15, 0.2) is 0 Å². The topological polar surface area (TPSA) is 33.1 Å². The van der Waals surface area contributed by atoms with Crippen LogP contribution in [0.1, 0.15) is 58.7 Å². The predicted molar refractivity (Wildman–Crippen MR) is 86.2 cm³/mol. The number of aromatic nitrogens is 2. The maximum atomic E-state index is 4.79. The average molecular weight is 290 g/mol. The van der Waals surface area contributed by atoms with Crippen molar-refractivity contribution in [2.75, 3.05) is 13.1 Å². The highest BCUT2D eigenvalue weighted by molar-refractivity contribution is 5.04. The Morgan fingerprint density at radius 3 is 2.86 bits per heavy atom. The van der Waals surface area contributed by atoms with Crippen LogP contribution in [0.5, 0.6) is 0 Å². The van der Waals surface area contributed by atoms with Gasteiger partial charge in [0.2, 0.25) is 0 Å². The van der Waals surface area contributed by atoms with Crippen molar-refractivity contribution in [3.8, 4) is 0 Å². The second kappa shape index (κ2) is 5.73. The molecule has 2 fully saturated rings. The highest BCUT2D eigenvalue weighted by atomic mass is 15.3. The van der Waals surface area contributed by atoms with Gasteiger partial charge < -0.3 is 5.32 Å². The number of nitrogens with zero attached hydrogens (tertiary/aromatic N) is 3. The lowest BCUT2D eigenvalue weighted by Crippen LogP contribution is -2.61. The van der Waals surface area contributed by atoms with Crippen LogP contribution < -0.4 is 5.32 Å². The summed E-state index contributed by atoms with van der Waals surface area (Å²) in [4.78, 5) is 2.66. The van der Waals surface area contributed by atoms with Crippen LogP contribution in [-0.2, 0) is 6.54 Å². The molecule has 2 heterocycles. The summed E-state index contributed by atoms with van der Waals surface area (Å²) in [7, 11) is 0. The molecule has 1 N–H and O–H groups in total. The smallest absolute Gasteiger partial charge is 0.0765 e. The largest absolute Gasteiger partial charge is 0.309 e. The molecule has 118 valence electrons. The summed E-state index contributed by atoms with van der Waals surface area (Å²) >= 11 is 0. The van der Waals surface area contributed by atoms with Crippen LogP contribution in [0.2, 0.25) is 0 Å². The summed E-state index contributed by atoms with van der Waals surface area (Å²) in [5.74, 6) is 0.908. The molecule has 0 radical (unpaired) electrons. The van der Waals surface area contributed by atoms with Crippen LogP contribution in [0, 0.1) is 5.92 Å². The van der Waals surface area contributed by atoms with Crippen LogP contribution in [-0.4, -0.2) is 39.4 Å². The molecule has 21 heavy (non-hydrogen) atoms. The van der Waals surface area contributed by atoms with E-state index in [1.807, 2.05) is 0 Å². The Balaban J connectivity index is 1.69. The van der Waals surface area contributed by atoms with Gasteiger partial charge >= 0.3 is 0 Å². The zero-order valence-corrected chi connectivity index (χ0v) is 14.0. The van der Waals surface area contributed by atoms with E-state index in [2.05, 4.69) is 54.9 Å². The molecule has 0 aromatic carbocycles. The molecule has 2 aliphatic rings. The van der Waals surface area contributed by atoms with Crippen molar-refractivity contribution >= 4 is 0 Å². The summed E-state index contributed by atoms with van der Waals surface area (Å²) < 4.78 is 2.12. The van der Waals surface area contributed by atoms with Gasteiger partial charge in [0.25, 0.3) is 0 Å². The molecule has 1 aliphatic carbocycles. The van der Waals surface area contributed by atoms with Crippen molar-refractivity contribution in [3.05, 3.63) is 18.0 Å². The molecular formula is C17H30N4. The van der Waals surface area contributed by atoms with Gasteiger partial charge in [-0.1, -0.05) is 6.92 Å². The van der Waals surface area contributed by atoms with Gasteiger partial charge in [-0.05, 0) is 52.0 Å². The van der Waals surface area contributed by atoms with E-state index < -0.39 is 0 Å². The second-order valence-corrected chi connectivity index (χ2v) is 7.62. The van der Waals surface area contributed by atoms with Crippen molar-refractivity contribution < 1.29 is 0 Å². The number of rotatable bonds is 5. The van der Waals surface area contributed by atoms with E-state index in [0.717, 1.165) is 32.0 Å². The zero-order valence-electron chi connectivity index (χ0n) is 14.0. The molecule has 1 saturated heterocycles. The van der Waals surface area contributed by atoms with Crippen molar-refractivity contribution in [2.24, 2.45) is 5.92 Å². The van der Waals surface area contributed by atoms with E-state index in [4.69, 9.17) is 5.10 Å².